The van der Waals surface area contributed by atoms with Crippen molar-refractivity contribution in [2.45, 2.75) is 25.2 Å². The molecule has 3 atom stereocenters. The number of nitrogens with zero attached hydrogens (tertiary/aromatic N) is 3. The lowest BCUT2D eigenvalue weighted by Crippen LogP contribution is -2.43. The van der Waals surface area contributed by atoms with Crippen molar-refractivity contribution in [3.8, 4) is 0 Å². The van der Waals surface area contributed by atoms with Crippen LogP contribution in [0.15, 0.2) is 54.5 Å². The number of alkyl halides is 3. The first kappa shape index (κ1) is 24.5. The zero-order valence-corrected chi connectivity index (χ0v) is 19.6. The molecule has 1 amide bonds. The van der Waals surface area contributed by atoms with E-state index in [0.717, 1.165) is 17.8 Å². The Morgan fingerprint density at radius 1 is 1.21 bits per heavy atom. The summed E-state index contributed by atoms with van der Waals surface area (Å²) < 4.78 is 38.5. The van der Waals surface area contributed by atoms with Gasteiger partial charge in [-0.1, -0.05) is 29.3 Å². The number of aryl methyl sites for hydroxylation is 1. The van der Waals surface area contributed by atoms with Crippen LogP contribution in [0.5, 0.6) is 0 Å². The van der Waals surface area contributed by atoms with Crippen molar-refractivity contribution in [1.82, 2.24) is 25.5 Å². The highest BCUT2D eigenvalue weighted by atomic mass is 35.5. The first-order valence-electron chi connectivity index (χ1n) is 10.6. The maximum absolute atomic E-state index is 13.1. The van der Waals surface area contributed by atoms with Crippen LogP contribution in [0.1, 0.15) is 27.7 Å². The van der Waals surface area contributed by atoms with Crippen LogP contribution in [0.2, 0.25) is 10.0 Å². The van der Waals surface area contributed by atoms with E-state index in [0.29, 0.717) is 41.1 Å². The molecular weight excluding hydrogens is 490 g/mol. The minimum Gasteiger partial charge on any atom is -0.372 e. The maximum Gasteiger partial charge on any atom is 0.417 e. The number of hydrogen-bond donors (Lipinski definition) is 2. The van der Waals surface area contributed by atoms with Gasteiger partial charge in [-0.05, 0) is 42.7 Å². The van der Waals surface area contributed by atoms with Gasteiger partial charge in [0.05, 0.1) is 27.3 Å². The van der Waals surface area contributed by atoms with E-state index in [1.165, 1.54) is 18.5 Å². The Labute approximate surface area is 204 Å². The van der Waals surface area contributed by atoms with Crippen LogP contribution < -0.4 is 10.6 Å². The predicted molar refractivity (Wildman–Crippen MR) is 124 cm³/mol. The summed E-state index contributed by atoms with van der Waals surface area (Å²) in [5.74, 6) is 0.327. The molecule has 4 rings (SSSR count). The quantitative estimate of drug-likeness (QED) is 0.619. The monoisotopic (exact) mass is 511 g/mol. The normalized spacial score (nSPS) is 22.5. The first-order valence-corrected chi connectivity index (χ1v) is 11.4. The number of aromatic nitrogens is 2. The molecule has 6 nitrogen and oxygen atoms in total. The molecule has 1 saturated heterocycles. The van der Waals surface area contributed by atoms with Gasteiger partial charge in [0.25, 0.3) is 5.91 Å². The van der Waals surface area contributed by atoms with Crippen molar-refractivity contribution in [2.24, 2.45) is 5.92 Å². The highest BCUT2D eigenvalue weighted by Gasteiger charge is 2.37. The largest absolute Gasteiger partial charge is 0.417 e. The van der Waals surface area contributed by atoms with Gasteiger partial charge in [0, 0.05) is 44.1 Å². The number of halogens is 5. The third-order valence-electron chi connectivity index (χ3n) is 5.94. The van der Waals surface area contributed by atoms with E-state index in [-0.39, 0.29) is 17.7 Å². The topological polar surface area (TPSA) is 70.2 Å². The van der Waals surface area contributed by atoms with Gasteiger partial charge in [-0.15, -0.1) is 0 Å². The lowest BCUT2D eigenvalue weighted by Gasteiger charge is -2.25. The number of hydrogen-bond acceptors (Lipinski definition) is 5. The average Bonchev–Trinajstić information content (AvgIpc) is 3.23. The maximum atomic E-state index is 13.1. The second kappa shape index (κ2) is 9.93. The lowest BCUT2D eigenvalue weighted by atomic mass is 9.89. The van der Waals surface area contributed by atoms with Crippen LogP contribution in [0, 0.1) is 12.8 Å². The molecule has 34 heavy (non-hydrogen) atoms. The summed E-state index contributed by atoms with van der Waals surface area (Å²) in [5.41, 5.74) is 0.592. The highest BCUT2D eigenvalue weighted by molar-refractivity contribution is 6.42. The second-order valence-corrected chi connectivity index (χ2v) is 9.09. The number of benzene rings is 1. The summed E-state index contributed by atoms with van der Waals surface area (Å²) in [6, 6.07) is 5.39. The van der Waals surface area contributed by atoms with E-state index in [1.54, 1.807) is 24.0 Å². The summed E-state index contributed by atoms with van der Waals surface area (Å²) in [6.45, 7) is 3.09. The molecule has 1 aromatic carbocycles. The van der Waals surface area contributed by atoms with Crippen LogP contribution in [-0.2, 0) is 0 Å². The zero-order chi connectivity index (χ0) is 24.5. The van der Waals surface area contributed by atoms with Crippen molar-refractivity contribution >= 4 is 29.1 Å². The number of dihydropyridines is 1. The Bertz CT molecular complexity index is 1120. The molecule has 1 aromatic heterocycles. The standard InChI is InChI=1S/C23H22Cl2F3N5O/c1-13-29-7-15(8-30-13)22(34)33-11-16(18(12-33)14-2-4-19(24)20(25)6-14)9-31-21-5-3-17(10-32-21)23(26,27)28/h2-8,10,16,18,21,31-32H,9,11-12H2,1H3/t16-,18+,21?/m0/s1. The molecule has 1 fully saturated rings. The molecule has 0 saturated carbocycles. The van der Waals surface area contributed by atoms with Gasteiger partial charge in [0.2, 0.25) is 0 Å². The zero-order valence-electron chi connectivity index (χ0n) is 18.1. The van der Waals surface area contributed by atoms with E-state index in [4.69, 9.17) is 23.2 Å². The second-order valence-electron chi connectivity index (χ2n) is 8.28. The molecule has 2 aliphatic heterocycles. The highest BCUT2D eigenvalue weighted by Crippen LogP contribution is 2.36. The van der Waals surface area contributed by atoms with Crippen LogP contribution in [0.4, 0.5) is 13.2 Å². The minimum atomic E-state index is -4.40. The third-order valence-corrected chi connectivity index (χ3v) is 6.68. The predicted octanol–water partition coefficient (Wildman–Crippen LogP) is 4.47. The van der Waals surface area contributed by atoms with E-state index < -0.39 is 17.9 Å². The molecule has 0 spiro atoms. The Hall–Kier alpha value is -2.62. The molecule has 2 aliphatic rings. The molecule has 3 heterocycles. The summed E-state index contributed by atoms with van der Waals surface area (Å²) in [6.07, 6.45) is 1.58. The van der Waals surface area contributed by atoms with Gasteiger partial charge in [0.1, 0.15) is 5.82 Å². The van der Waals surface area contributed by atoms with Gasteiger partial charge >= 0.3 is 6.18 Å². The summed E-state index contributed by atoms with van der Waals surface area (Å²) in [5, 5.41) is 6.81. The fourth-order valence-electron chi connectivity index (χ4n) is 4.11. The van der Waals surface area contributed by atoms with E-state index in [9.17, 15) is 18.0 Å². The molecule has 11 heteroatoms. The summed E-state index contributed by atoms with van der Waals surface area (Å²) in [4.78, 5) is 23.0. The molecule has 180 valence electrons. The number of allylic oxidation sites excluding steroid dienone is 2. The summed E-state index contributed by atoms with van der Waals surface area (Å²) >= 11 is 12.3. The average molecular weight is 512 g/mol. The number of carbonyl (C=O) groups is 1. The number of amides is 1. The lowest BCUT2D eigenvalue weighted by molar-refractivity contribution is -0.0888. The third kappa shape index (κ3) is 5.54. The molecule has 0 radical (unpaired) electrons. The number of rotatable bonds is 5. The van der Waals surface area contributed by atoms with Crippen molar-refractivity contribution < 1.29 is 18.0 Å². The van der Waals surface area contributed by atoms with Gasteiger partial charge in [0.15, 0.2) is 0 Å². The SMILES string of the molecule is Cc1ncc(C(=O)N2C[C@H](CNC3C=CC(C(F)(F)F)=CN3)[C@@H](c3ccc(Cl)c(Cl)c3)C2)cn1. The Kier molecular flexibility index (Phi) is 7.16. The summed E-state index contributed by atoms with van der Waals surface area (Å²) in [7, 11) is 0. The number of likely N-dealkylation sites (tertiary alicyclic amines) is 1. The fourth-order valence-corrected chi connectivity index (χ4v) is 4.42. The van der Waals surface area contributed by atoms with Crippen molar-refractivity contribution in [3.63, 3.8) is 0 Å². The van der Waals surface area contributed by atoms with Gasteiger partial charge < -0.3 is 10.2 Å². The van der Waals surface area contributed by atoms with E-state index >= 15 is 0 Å². The minimum absolute atomic E-state index is 0.0178. The van der Waals surface area contributed by atoms with Crippen molar-refractivity contribution in [2.75, 3.05) is 19.6 Å². The number of carbonyl (C=O) groups excluding carboxylic acids is 1. The Morgan fingerprint density at radius 3 is 2.56 bits per heavy atom. The Balaban J connectivity index is 1.49. The Morgan fingerprint density at radius 2 is 1.94 bits per heavy atom. The van der Waals surface area contributed by atoms with Crippen LogP contribution >= 0.6 is 23.2 Å². The molecular formula is C23H22Cl2F3N5O. The molecule has 0 aliphatic carbocycles. The molecule has 1 unspecified atom stereocenters. The van der Waals surface area contributed by atoms with Crippen LogP contribution in [-0.4, -0.2) is 52.8 Å². The van der Waals surface area contributed by atoms with Crippen molar-refractivity contribution in [3.05, 3.63) is 81.5 Å². The number of nitrogens with one attached hydrogen (secondary N) is 2. The molecule has 2 N–H and O–H groups in total. The van der Waals surface area contributed by atoms with Gasteiger partial charge in [-0.3, -0.25) is 10.1 Å². The van der Waals surface area contributed by atoms with Crippen molar-refractivity contribution in [1.29, 1.82) is 0 Å². The first-order chi connectivity index (χ1) is 16.1. The van der Waals surface area contributed by atoms with Gasteiger partial charge in [-0.2, -0.15) is 13.2 Å². The molecule has 0 bridgehead atoms. The van der Waals surface area contributed by atoms with E-state index in [1.807, 2.05) is 6.07 Å². The van der Waals surface area contributed by atoms with Crippen LogP contribution in [0.3, 0.4) is 0 Å². The molecule has 2 aromatic rings. The van der Waals surface area contributed by atoms with Crippen LogP contribution in [0.25, 0.3) is 0 Å². The van der Waals surface area contributed by atoms with E-state index in [2.05, 4.69) is 20.6 Å². The fraction of sp³-hybridized carbons (Fsp3) is 0.348. The smallest absolute Gasteiger partial charge is 0.372 e. The van der Waals surface area contributed by atoms with Gasteiger partial charge in [-0.25, -0.2) is 9.97 Å².